The lowest BCUT2D eigenvalue weighted by Crippen LogP contribution is -1.97. The minimum atomic E-state index is -0.283. The minimum Gasteiger partial charge on any atom is -0.472 e. The van der Waals surface area contributed by atoms with Gasteiger partial charge in [0.15, 0.2) is 5.13 Å². The predicted molar refractivity (Wildman–Crippen MR) is 95.4 cm³/mol. The number of rotatable bonds is 5. The summed E-state index contributed by atoms with van der Waals surface area (Å²) in [6.45, 7) is 2.61. The zero-order valence-corrected chi connectivity index (χ0v) is 14.3. The largest absolute Gasteiger partial charge is 0.472 e. The van der Waals surface area contributed by atoms with Crippen molar-refractivity contribution in [3.8, 4) is 16.3 Å². The van der Waals surface area contributed by atoms with Crippen molar-refractivity contribution in [3.63, 3.8) is 0 Å². The molecule has 0 atom stereocenters. The van der Waals surface area contributed by atoms with Gasteiger partial charge in [0.1, 0.15) is 11.5 Å². The van der Waals surface area contributed by atoms with Crippen molar-refractivity contribution in [3.05, 3.63) is 72.2 Å². The van der Waals surface area contributed by atoms with E-state index in [4.69, 9.17) is 4.42 Å². The first-order valence-corrected chi connectivity index (χ1v) is 8.55. The number of furan rings is 1. The van der Waals surface area contributed by atoms with E-state index in [0.29, 0.717) is 12.2 Å². The second-order valence-corrected chi connectivity index (χ2v) is 6.54. The fourth-order valence-electron chi connectivity index (χ4n) is 2.49. The van der Waals surface area contributed by atoms with E-state index >= 15 is 0 Å². The van der Waals surface area contributed by atoms with Crippen LogP contribution in [0.25, 0.3) is 16.3 Å². The van der Waals surface area contributed by atoms with Crippen molar-refractivity contribution >= 4 is 16.5 Å². The predicted octanol–water partition coefficient (Wildman–Crippen LogP) is 4.65. The van der Waals surface area contributed by atoms with Crippen LogP contribution in [-0.2, 0) is 6.54 Å². The minimum absolute atomic E-state index is 0.283. The average molecular weight is 354 g/mol. The maximum absolute atomic E-state index is 13.4. The highest BCUT2D eigenvalue weighted by molar-refractivity contribution is 7.19. The molecule has 126 valence electrons. The van der Waals surface area contributed by atoms with Crippen LogP contribution in [0, 0.1) is 12.7 Å². The van der Waals surface area contributed by atoms with Gasteiger partial charge in [-0.1, -0.05) is 17.4 Å². The van der Waals surface area contributed by atoms with Crippen molar-refractivity contribution in [1.29, 1.82) is 0 Å². The molecule has 7 heteroatoms. The lowest BCUT2D eigenvalue weighted by Gasteiger charge is -2.00. The molecule has 5 nitrogen and oxygen atoms in total. The first-order valence-electron chi connectivity index (χ1n) is 7.73. The van der Waals surface area contributed by atoms with Gasteiger partial charge in [-0.3, -0.25) is 0 Å². The van der Waals surface area contributed by atoms with E-state index in [1.54, 1.807) is 34.6 Å². The molecule has 0 aliphatic rings. The average Bonchev–Trinajstić information content (AvgIpc) is 3.34. The van der Waals surface area contributed by atoms with Crippen LogP contribution in [0.1, 0.15) is 11.3 Å². The zero-order valence-electron chi connectivity index (χ0n) is 13.4. The van der Waals surface area contributed by atoms with Crippen molar-refractivity contribution in [2.24, 2.45) is 0 Å². The van der Waals surface area contributed by atoms with Gasteiger partial charge in [0.25, 0.3) is 0 Å². The Kier molecular flexibility index (Phi) is 4.07. The lowest BCUT2D eigenvalue weighted by molar-refractivity contribution is 0.564. The molecule has 3 heterocycles. The molecule has 0 bridgehead atoms. The van der Waals surface area contributed by atoms with Crippen molar-refractivity contribution in [2.75, 3.05) is 5.32 Å². The Morgan fingerprint density at radius 2 is 2.20 bits per heavy atom. The quantitative estimate of drug-likeness (QED) is 0.567. The Bertz CT molecular complexity index is 990. The molecule has 4 rings (SSSR count). The molecule has 25 heavy (non-hydrogen) atoms. The molecule has 1 aromatic carbocycles. The number of hydrogen-bond donors (Lipinski definition) is 1. The molecule has 4 aromatic rings. The monoisotopic (exact) mass is 354 g/mol. The molecule has 0 aliphatic heterocycles. The number of halogens is 1. The Balaban J connectivity index is 1.56. The Hall–Kier alpha value is -2.93. The standard InChI is InChI=1S/C18H15FN4OS/c1-12-17(25-18(21-12)20-10-13-6-8-24-11-13)16-5-7-23(22-16)15-4-2-3-14(19)9-15/h2-9,11H,10H2,1H3,(H,20,21). The number of aryl methyl sites for hydroxylation is 1. The second kappa shape index (κ2) is 6.52. The van der Waals surface area contributed by atoms with Crippen molar-refractivity contribution in [2.45, 2.75) is 13.5 Å². The SMILES string of the molecule is Cc1nc(NCc2ccoc2)sc1-c1ccn(-c2cccc(F)c2)n1. The van der Waals surface area contributed by atoms with E-state index in [9.17, 15) is 4.39 Å². The second-order valence-electron chi connectivity index (χ2n) is 5.54. The third-order valence-corrected chi connectivity index (χ3v) is 4.85. The van der Waals surface area contributed by atoms with E-state index < -0.39 is 0 Å². The molecule has 0 radical (unpaired) electrons. The summed E-state index contributed by atoms with van der Waals surface area (Å²) in [6.07, 6.45) is 5.17. The summed E-state index contributed by atoms with van der Waals surface area (Å²) >= 11 is 1.54. The highest BCUT2D eigenvalue weighted by Crippen LogP contribution is 2.32. The molecule has 0 spiro atoms. The van der Waals surface area contributed by atoms with Gasteiger partial charge in [-0.25, -0.2) is 14.1 Å². The zero-order chi connectivity index (χ0) is 17.2. The number of hydrogen-bond acceptors (Lipinski definition) is 5. The summed E-state index contributed by atoms with van der Waals surface area (Å²) in [4.78, 5) is 5.54. The van der Waals surface area contributed by atoms with Gasteiger partial charge in [-0.2, -0.15) is 5.10 Å². The van der Waals surface area contributed by atoms with Crippen molar-refractivity contribution in [1.82, 2.24) is 14.8 Å². The third kappa shape index (κ3) is 3.32. The van der Waals surface area contributed by atoms with Gasteiger partial charge in [0, 0.05) is 18.3 Å². The van der Waals surface area contributed by atoms with E-state index in [0.717, 1.165) is 27.0 Å². The van der Waals surface area contributed by atoms with Gasteiger partial charge in [-0.15, -0.1) is 0 Å². The van der Waals surface area contributed by atoms with Crippen LogP contribution in [-0.4, -0.2) is 14.8 Å². The molecule has 0 unspecified atom stereocenters. The number of nitrogens with one attached hydrogen (secondary N) is 1. The van der Waals surface area contributed by atoms with Crippen LogP contribution < -0.4 is 5.32 Å². The topological polar surface area (TPSA) is 55.9 Å². The van der Waals surface area contributed by atoms with Gasteiger partial charge in [0.05, 0.1) is 28.8 Å². The summed E-state index contributed by atoms with van der Waals surface area (Å²) in [5.74, 6) is -0.283. The molecule has 0 amide bonds. The first-order chi connectivity index (χ1) is 12.2. The molecule has 0 aliphatic carbocycles. The van der Waals surface area contributed by atoms with Gasteiger partial charge in [-0.05, 0) is 37.3 Å². The van der Waals surface area contributed by atoms with E-state index in [1.807, 2.05) is 31.3 Å². The summed E-state index contributed by atoms with van der Waals surface area (Å²) in [5, 5.41) is 8.67. The summed E-state index contributed by atoms with van der Waals surface area (Å²) < 4.78 is 20.1. The van der Waals surface area contributed by atoms with Gasteiger partial charge < -0.3 is 9.73 Å². The van der Waals surface area contributed by atoms with Crippen LogP contribution in [0.4, 0.5) is 9.52 Å². The number of nitrogens with zero attached hydrogens (tertiary/aromatic N) is 3. The van der Waals surface area contributed by atoms with Crippen LogP contribution in [0.15, 0.2) is 59.5 Å². The van der Waals surface area contributed by atoms with Gasteiger partial charge in [0.2, 0.25) is 0 Å². The summed E-state index contributed by atoms with van der Waals surface area (Å²) in [7, 11) is 0. The highest BCUT2D eigenvalue weighted by Gasteiger charge is 2.13. The number of thiazole rings is 1. The lowest BCUT2D eigenvalue weighted by atomic mass is 10.3. The highest BCUT2D eigenvalue weighted by atomic mass is 32.1. The molecular formula is C18H15FN4OS. The van der Waals surface area contributed by atoms with Crippen molar-refractivity contribution < 1.29 is 8.81 Å². The third-order valence-electron chi connectivity index (χ3n) is 3.71. The Morgan fingerprint density at radius 1 is 1.28 bits per heavy atom. The number of anilines is 1. The van der Waals surface area contributed by atoms with Crippen LogP contribution >= 0.6 is 11.3 Å². The molecular weight excluding hydrogens is 339 g/mol. The molecule has 1 N–H and O–H groups in total. The molecule has 0 fully saturated rings. The van der Waals surface area contributed by atoms with E-state index in [2.05, 4.69) is 15.4 Å². The maximum Gasteiger partial charge on any atom is 0.183 e. The van der Waals surface area contributed by atoms with Crippen LogP contribution in [0.5, 0.6) is 0 Å². The van der Waals surface area contributed by atoms with Crippen LogP contribution in [0.2, 0.25) is 0 Å². The fraction of sp³-hybridized carbons (Fsp3) is 0.111. The Morgan fingerprint density at radius 3 is 3.00 bits per heavy atom. The number of aromatic nitrogens is 3. The van der Waals surface area contributed by atoms with Crippen LogP contribution in [0.3, 0.4) is 0 Å². The van der Waals surface area contributed by atoms with Gasteiger partial charge >= 0.3 is 0 Å². The summed E-state index contributed by atoms with van der Waals surface area (Å²) in [6, 6.07) is 10.2. The normalized spacial score (nSPS) is 11.0. The van der Waals surface area contributed by atoms with E-state index in [1.165, 1.54) is 12.1 Å². The molecule has 0 saturated heterocycles. The van der Waals surface area contributed by atoms with E-state index in [-0.39, 0.29) is 5.82 Å². The number of benzene rings is 1. The first kappa shape index (κ1) is 15.6. The maximum atomic E-state index is 13.4. The Labute approximate surface area is 147 Å². The summed E-state index contributed by atoms with van der Waals surface area (Å²) in [5.41, 5.74) is 3.47. The molecule has 0 saturated carbocycles. The molecule has 3 aromatic heterocycles. The fourth-order valence-corrected chi connectivity index (χ4v) is 3.42. The smallest absolute Gasteiger partial charge is 0.183 e.